The van der Waals surface area contributed by atoms with Crippen molar-refractivity contribution in [3.63, 3.8) is 0 Å². The average molecular weight is 269 g/mol. The summed E-state index contributed by atoms with van der Waals surface area (Å²) in [5.41, 5.74) is 1.14. The Morgan fingerprint density at radius 2 is 2.17 bits per heavy atom. The Morgan fingerprint density at radius 1 is 1.39 bits per heavy atom. The van der Waals surface area contributed by atoms with Crippen LogP contribution in [0.3, 0.4) is 0 Å². The molecule has 2 atom stereocenters. The minimum atomic E-state index is 0.497. The summed E-state index contributed by atoms with van der Waals surface area (Å²) in [6, 6.07) is 3.18. The van der Waals surface area contributed by atoms with Crippen molar-refractivity contribution in [3.05, 3.63) is 18.0 Å². The minimum absolute atomic E-state index is 0.497. The van der Waals surface area contributed by atoms with Crippen LogP contribution < -0.4 is 5.32 Å². The van der Waals surface area contributed by atoms with Crippen LogP contribution in [-0.4, -0.2) is 27.3 Å². The maximum atomic E-state index is 4.60. The van der Waals surface area contributed by atoms with Gasteiger partial charge in [-0.15, -0.1) is 0 Å². The van der Waals surface area contributed by atoms with Gasteiger partial charge in [-0.05, 0) is 44.3 Å². The number of rotatable bonds is 9. The van der Waals surface area contributed by atoms with Gasteiger partial charge in [0.2, 0.25) is 0 Å². The molecule has 0 aliphatic heterocycles. The second-order valence-corrected chi connectivity index (χ2v) is 6.21. The molecule has 18 heavy (non-hydrogen) atoms. The molecule has 104 valence electrons. The van der Waals surface area contributed by atoms with E-state index in [0.29, 0.717) is 12.1 Å². The second-order valence-electron chi connectivity index (χ2n) is 4.81. The summed E-state index contributed by atoms with van der Waals surface area (Å²) < 4.78 is 2.06. The van der Waals surface area contributed by atoms with Crippen molar-refractivity contribution in [1.82, 2.24) is 15.1 Å². The molecule has 0 aliphatic rings. The molecule has 1 aromatic heterocycles. The predicted molar refractivity (Wildman–Crippen MR) is 81.1 cm³/mol. The monoisotopic (exact) mass is 269 g/mol. The molecule has 1 heterocycles. The van der Waals surface area contributed by atoms with Crippen molar-refractivity contribution in [2.24, 2.45) is 0 Å². The van der Waals surface area contributed by atoms with Gasteiger partial charge in [0, 0.05) is 24.8 Å². The lowest BCUT2D eigenvalue weighted by Gasteiger charge is -2.12. The highest BCUT2D eigenvalue weighted by Crippen LogP contribution is 2.09. The topological polar surface area (TPSA) is 29.9 Å². The van der Waals surface area contributed by atoms with E-state index in [2.05, 4.69) is 55.1 Å². The van der Waals surface area contributed by atoms with Gasteiger partial charge in [0.15, 0.2) is 0 Å². The van der Waals surface area contributed by atoms with E-state index in [1.807, 2.05) is 11.8 Å². The highest BCUT2D eigenvalue weighted by atomic mass is 32.2. The average Bonchev–Trinajstić information content (AvgIpc) is 2.84. The van der Waals surface area contributed by atoms with Gasteiger partial charge in [0.1, 0.15) is 0 Å². The number of hydrogen-bond acceptors (Lipinski definition) is 3. The maximum absolute atomic E-state index is 4.60. The third-order valence-electron chi connectivity index (χ3n) is 3.24. The van der Waals surface area contributed by atoms with Crippen molar-refractivity contribution in [3.8, 4) is 0 Å². The first-order chi connectivity index (χ1) is 8.67. The fourth-order valence-corrected chi connectivity index (χ4v) is 2.50. The van der Waals surface area contributed by atoms with Crippen molar-refractivity contribution in [2.75, 3.05) is 11.5 Å². The van der Waals surface area contributed by atoms with Crippen LogP contribution in [-0.2, 0) is 6.54 Å². The SMILES string of the molecule is CCSCCC(C)NCc1ccn(C(C)CC)n1. The van der Waals surface area contributed by atoms with Crippen LogP contribution in [0, 0.1) is 0 Å². The molecule has 2 unspecified atom stereocenters. The molecule has 0 spiro atoms. The molecule has 1 aromatic rings. The van der Waals surface area contributed by atoms with E-state index in [-0.39, 0.29) is 0 Å². The Morgan fingerprint density at radius 3 is 2.83 bits per heavy atom. The fraction of sp³-hybridized carbons (Fsp3) is 0.786. The lowest BCUT2D eigenvalue weighted by Crippen LogP contribution is -2.26. The molecule has 0 amide bonds. The zero-order valence-corrected chi connectivity index (χ0v) is 13.0. The van der Waals surface area contributed by atoms with Crippen LogP contribution in [0.15, 0.2) is 12.3 Å². The van der Waals surface area contributed by atoms with E-state index in [9.17, 15) is 0 Å². The Labute approximate surface area is 116 Å². The fourth-order valence-electron chi connectivity index (χ4n) is 1.69. The summed E-state index contributed by atoms with van der Waals surface area (Å²) in [4.78, 5) is 0. The second kappa shape index (κ2) is 8.59. The standard InChI is InChI=1S/C14H27N3S/c1-5-13(4)17-9-7-14(16-17)11-15-12(3)8-10-18-6-2/h7,9,12-13,15H,5-6,8,10-11H2,1-4H3. The molecular formula is C14H27N3S. The van der Waals surface area contributed by atoms with E-state index in [1.165, 1.54) is 17.9 Å². The molecule has 0 fully saturated rings. The van der Waals surface area contributed by atoms with Gasteiger partial charge in [0.25, 0.3) is 0 Å². The van der Waals surface area contributed by atoms with Crippen LogP contribution in [0.2, 0.25) is 0 Å². The van der Waals surface area contributed by atoms with E-state index in [4.69, 9.17) is 0 Å². The highest BCUT2D eigenvalue weighted by Gasteiger charge is 2.06. The molecule has 0 bridgehead atoms. The molecule has 0 saturated heterocycles. The molecule has 0 aromatic carbocycles. The van der Waals surface area contributed by atoms with Crippen molar-refractivity contribution >= 4 is 11.8 Å². The van der Waals surface area contributed by atoms with Gasteiger partial charge in [-0.1, -0.05) is 13.8 Å². The number of hydrogen-bond donors (Lipinski definition) is 1. The van der Waals surface area contributed by atoms with Gasteiger partial charge < -0.3 is 5.32 Å². The first-order valence-corrected chi connectivity index (χ1v) is 8.18. The van der Waals surface area contributed by atoms with E-state index < -0.39 is 0 Å². The van der Waals surface area contributed by atoms with Crippen LogP contribution in [0.5, 0.6) is 0 Å². The van der Waals surface area contributed by atoms with Crippen molar-refractivity contribution in [2.45, 2.75) is 59.2 Å². The first kappa shape index (κ1) is 15.6. The molecule has 3 nitrogen and oxygen atoms in total. The number of aromatic nitrogens is 2. The lowest BCUT2D eigenvalue weighted by molar-refractivity contribution is 0.466. The number of nitrogens with one attached hydrogen (secondary N) is 1. The zero-order valence-electron chi connectivity index (χ0n) is 12.1. The zero-order chi connectivity index (χ0) is 13.4. The van der Waals surface area contributed by atoms with E-state index in [0.717, 1.165) is 18.7 Å². The summed E-state index contributed by atoms with van der Waals surface area (Å²) in [5, 5.41) is 8.14. The summed E-state index contributed by atoms with van der Waals surface area (Å²) in [6.07, 6.45) is 4.44. The first-order valence-electron chi connectivity index (χ1n) is 7.02. The highest BCUT2D eigenvalue weighted by molar-refractivity contribution is 7.99. The van der Waals surface area contributed by atoms with Gasteiger partial charge in [-0.25, -0.2) is 0 Å². The van der Waals surface area contributed by atoms with Crippen LogP contribution in [0.25, 0.3) is 0 Å². The predicted octanol–water partition coefficient (Wildman–Crippen LogP) is 3.48. The van der Waals surface area contributed by atoms with Gasteiger partial charge in [-0.3, -0.25) is 4.68 Å². The normalized spacial score (nSPS) is 14.7. The largest absolute Gasteiger partial charge is 0.309 e. The summed E-state index contributed by atoms with van der Waals surface area (Å²) >= 11 is 2.01. The number of thioether (sulfide) groups is 1. The number of nitrogens with zero attached hydrogens (tertiary/aromatic N) is 2. The van der Waals surface area contributed by atoms with Crippen LogP contribution >= 0.6 is 11.8 Å². The summed E-state index contributed by atoms with van der Waals surface area (Å²) in [6.45, 7) is 9.74. The molecule has 0 radical (unpaired) electrons. The molecule has 0 saturated carbocycles. The Bertz CT molecular complexity index is 325. The maximum Gasteiger partial charge on any atom is 0.0762 e. The van der Waals surface area contributed by atoms with Gasteiger partial charge >= 0.3 is 0 Å². The smallest absolute Gasteiger partial charge is 0.0762 e. The quantitative estimate of drug-likeness (QED) is 0.696. The molecule has 1 N–H and O–H groups in total. The molecule has 1 rings (SSSR count). The van der Waals surface area contributed by atoms with Crippen LogP contribution in [0.1, 0.15) is 52.3 Å². The minimum Gasteiger partial charge on any atom is -0.309 e. The lowest BCUT2D eigenvalue weighted by atomic mass is 10.2. The molecular weight excluding hydrogens is 242 g/mol. The third-order valence-corrected chi connectivity index (χ3v) is 4.17. The summed E-state index contributed by atoms with van der Waals surface area (Å²) in [7, 11) is 0. The third kappa shape index (κ3) is 5.44. The van der Waals surface area contributed by atoms with Crippen molar-refractivity contribution in [1.29, 1.82) is 0 Å². The van der Waals surface area contributed by atoms with Gasteiger partial charge in [-0.2, -0.15) is 16.9 Å². The van der Waals surface area contributed by atoms with Crippen LogP contribution in [0.4, 0.5) is 0 Å². The van der Waals surface area contributed by atoms with Gasteiger partial charge in [0.05, 0.1) is 5.69 Å². The summed E-state index contributed by atoms with van der Waals surface area (Å²) in [5.74, 6) is 2.46. The Balaban J connectivity index is 2.28. The van der Waals surface area contributed by atoms with E-state index >= 15 is 0 Å². The van der Waals surface area contributed by atoms with E-state index in [1.54, 1.807) is 0 Å². The molecule has 4 heteroatoms. The Hall–Kier alpha value is -0.480. The molecule has 0 aliphatic carbocycles. The van der Waals surface area contributed by atoms with Crippen molar-refractivity contribution < 1.29 is 0 Å². The Kier molecular flexibility index (Phi) is 7.44.